The lowest BCUT2D eigenvalue weighted by molar-refractivity contribution is -0.141. The van der Waals surface area contributed by atoms with Crippen LogP contribution in [0.3, 0.4) is 0 Å². The van der Waals surface area contributed by atoms with E-state index in [1.165, 1.54) is 23.2 Å². The first kappa shape index (κ1) is 18.3. The fraction of sp³-hybridized carbons (Fsp3) is 0.444. The zero-order chi connectivity index (χ0) is 18.6. The van der Waals surface area contributed by atoms with Gasteiger partial charge in [0.05, 0.1) is 12.8 Å². The van der Waals surface area contributed by atoms with Gasteiger partial charge in [0, 0.05) is 24.9 Å². The molecule has 8 heteroatoms. The van der Waals surface area contributed by atoms with Crippen molar-refractivity contribution in [2.24, 2.45) is 0 Å². The minimum atomic E-state index is -4.46. The Hall–Kier alpha value is -2.51. The number of furan rings is 1. The maximum Gasteiger partial charge on any atom is 0.435 e. The zero-order valence-corrected chi connectivity index (χ0v) is 14.2. The van der Waals surface area contributed by atoms with Gasteiger partial charge in [-0.15, -0.1) is 0 Å². The molecule has 0 saturated heterocycles. The van der Waals surface area contributed by atoms with Crippen molar-refractivity contribution < 1.29 is 22.4 Å². The van der Waals surface area contributed by atoms with Gasteiger partial charge in [-0.05, 0) is 37.1 Å². The summed E-state index contributed by atoms with van der Waals surface area (Å²) >= 11 is 0. The van der Waals surface area contributed by atoms with Crippen LogP contribution >= 0.6 is 0 Å². The minimum absolute atomic E-state index is 0.112. The largest absolute Gasteiger partial charge is 0.465 e. The van der Waals surface area contributed by atoms with Crippen LogP contribution in [-0.4, -0.2) is 33.2 Å². The second-order valence-corrected chi connectivity index (χ2v) is 6.28. The fourth-order valence-electron chi connectivity index (χ4n) is 3.17. The van der Waals surface area contributed by atoms with E-state index >= 15 is 0 Å². The maximum atomic E-state index is 12.7. The highest BCUT2D eigenvalue weighted by Crippen LogP contribution is 2.27. The Labute approximate surface area is 149 Å². The number of hydrogen-bond acceptors (Lipinski definition) is 3. The van der Waals surface area contributed by atoms with Gasteiger partial charge < -0.3 is 9.32 Å². The lowest BCUT2D eigenvalue weighted by atomic mass is 10.2. The van der Waals surface area contributed by atoms with Crippen molar-refractivity contribution in [3.05, 3.63) is 48.2 Å². The summed E-state index contributed by atoms with van der Waals surface area (Å²) in [5.41, 5.74) is -0.922. The molecule has 0 unspecified atom stereocenters. The highest BCUT2D eigenvalue weighted by atomic mass is 19.4. The molecule has 0 atom stereocenters. The van der Waals surface area contributed by atoms with Gasteiger partial charge in [-0.2, -0.15) is 18.3 Å². The first-order chi connectivity index (χ1) is 12.4. The number of amides is 1. The van der Waals surface area contributed by atoms with E-state index in [-0.39, 0.29) is 18.5 Å². The van der Waals surface area contributed by atoms with Gasteiger partial charge >= 0.3 is 6.18 Å². The SMILES string of the molecule is O=C(C=Cc1ccco1)N(CCn1ccc(C(F)(F)F)n1)C1CCCC1. The van der Waals surface area contributed by atoms with E-state index in [2.05, 4.69) is 5.10 Å². The molecule has 0 N–H and O–H groups in total. The molecule has 0 spiro atoms. The Morgan fingerprint density at radius 2 is 2.12 bits per heavy atom. The van der Waals surface area contributed by atoms with Crippen LogP contribution in [0.2, 0.25) is 0 Å². The summed E-state index contributed by atoms with van der Waals surface area (Å²) in [6.07, 6.45) is 5.32. The topological polar surface area (TPSA) is 51.3 Å². The molecule has 2 aromatic heterocycles. The molecule has 2 aromatic rings. The Balaban J connectivity index is 1.66. The molecule has 1 fully saturated rings. The smallest absolute Gasteiger partial charge is 0.435 e. The molecule has 1 saturated carbocycles. The summed E-state index contributed by atoms with van der Waals surface area (Å²) in [7, 11) is 0. The highest BCUT2D eigenvalue weighted by molar-refractivity contribution is 5.91. The van der Waals surface area contributed by atoms with Crippen molar-refractivity contribution in [2.75, 3.05) is 6.54 Å². The number of carbonyl (C=O) groups excluding carboxylic acids is 1. The monoisotopic (exact) mass is 367 g/mol. The van der Waals surface area contributed by atoms with Gasteiger partial charge in [-0.25, -0.2) is 0 Å². The first-order valence-electron chi connectivity index (χ1n) is 8.56. The first-order valence-corrected chi connectivity index (χ1v) is 8.56. The Morgan fingerprint density at radius 1 is 1.35 bits per heavy atom. The van der Waals surface area contributed by atoms with Crippen LogP contribution in [0.5, 0.6) is 0 Å². The third-order valence-electron chi connectivity index (χ3n) is 4.48. The van der Waals surface area contributed by atoms with Crippen LogP contribution in [-0.2, 0) is 17.5 Å². The number of hydrogen-bond donors (Lipinski definition) is 0. The van der Waals surface area contributed by atoms with E-state index in [4.69, 9.17) is 4.42 Å². The lowest BCUT2D eigenvalue weighted by Gasteiger charge is -2.28. The second-order valence-electron chi connectivity index (χ2n) is 6.28. The quantitative estimate of drug-likeness (QED) is 0.726. The van der Waals surface area contributed by atoms with Gasteiger partial charge in [0.25, 0.3) is 0 Å². The summed E-state index contributed by atoms with van der Waals surface area (Å²) in [5, 5.41) is 3.55. The molecule has 1 aliphatic rings. The molecule has 2 heterocycles. The summed E-state index contributed by atoms with van der Waals surface area (Å²) in [6.45, 7) is 0.526. The van der Waals surface area contributed by atoms with Crippen LogP contribution < -0.4 is 0 Å². The summed E-state index contributed by atoms with van der Waals surface area (Å²) in [6, 6.07) is 4.53. The predicted octanol–water partition coefficient (Wildman–Crippen LogP) is 3.98. The summed E-state index contributed by atoms with van der Waals surface area (Å²) in [4.78, 5) is 14.3. The highest BCUT2D eigenvalue weighted by Gasteiger charge is 2.33. The summed E-state index contributed by atoms with van der Waals surface area (Å²) in [5.74, 6) is 0.406. The zero-order valence-electron chi connectivity index (χ0n) is 14.2. The van der Waals surface area contributed by atoms with Crippen LogP contribution in [0.1, 0.15) is 37.1 Å². The lowest BCUT2D eigenvalue weighted by Crippen LogP contribution is -2.40. The molecule has 0 aliphatic heterocycles. The Morgan fingerprint density at radius 3 is 2.73 bits per heavy atom. The van der Waals surface area contributed by atoms with E-state index in [1.807, 2.05) is 0 Å². The maximum absolute atomic E-state index is 12.7. The standard InChI is InChI=1S/C18H20F3N3O2/c19-18(20,21)16-9-10-23(22-16)11-12-24(14-4-1-2-5-14)17(25)8-7-15-6-3-13-26-15/h3,6-10,13-14H,1-2,4-5,11-12H2. The second kappa shape index (κ2) is 7.80. The van der Waals surface area contributed by atoms with E-state index in [1.54, 1.807) is 23.1 Å². The number of alkyl halides is 3. The molecule has 1 aliphatic carbocycles. The molecule has 5 nitrogen and oxygen atoms in total. The number of aromatic nitrogens is 2. The molecule has 0 aromatic carbocycles. The molecular formula is C18H20F3N3O2. The van der Waals surface area contributed by atoms with E-state index < -0.39 is 11.9 Å². The number of nitrogens with zero attached hydrogens (tertiary/aromatic N) is 3. The van der Waals surface area contributed by atoms with Gasteiger partial charge in [0.15, 0.2) is 5.69 Å². The van der Waals surface area contributed by atoms with Crippen molar-refractivity contribution in [3.8, 4) is 0 Å². The number of halogens is 3. The molecule has 140 valence electrons. The molecule has 1 amide bonds. The van der Waals surface area contributed by atoms with Crippen molar-refractivity contribution in [1.29, 1.82) is 0 Å². The van der Waals surface area contributed by atoms with E-state index in [0.717, 1.165) is 31.7 Å². The molecule has 0 bridgehead atoms. The Kier molecular flexibility index (Phi) is 5.49. The molecule has 26 heavy (non-hydrogen) atoms. The Bertz CT molecular complexity index is 744. The number of carbonyl (C=O) groups is 1. The third-order valence-corrected chi connectivity index (χ3v) is 4.48. The third kappa shape index (κ3) is 4.56. The van der Waals surface area contributed by atoms with Crippen molar-refractivity contribution >= 4 is 12.0 Å². The van der Waals surface area contributed by atoms with Gasteiger partial charge in [-0.1, -0.05) is 12.8 Å². The van der Waals surface area contributed by atoms with E-state index in [9.17, 15) is 18.0 Å². The van der Waals surface area contributed by atoms with Gasteiger partial charge in [-0.3, -0.25) is 9.48 Å². The van der Waals surface area contributed by atoms with Crippen molar-refractivity contribution in [3.63, 3.8) is 0 Å². The normalized spacial score (nSPS) is 15.8. The van der Waals surface area contributed by atoms with Crippen LogP contribution in [0.25, 0.3) is 6.08 Å². The molecular weight excluding hydrogens is 347 g/mol. The molecule has 0 radical (unpaired) electrons. The van der Waals surface area contributed by atoms with Crippen LogP contribution in [0, 0.1) is 0 Å². The van der Waals surface area contributed by atoms with Crippen LogP contribution in [0.15, 0.2) is 41.2 Å². The fourth-order valence-corrected chi connectivity index (χ4v) is 3.17. The minimum Gasteiger partial charge on any atom is -0.465 e. The average Bonchev–Trinajstić information content (AvgIpc) is 3.34. The van der Waals surface area contributed by atoms with Gasteiger partial charge in [0.1, 0.15) is 5.76 Å². The molecule has 3 rings (SSSR count). The van der Waals surface area contributed by atoms with Crippen LogP contribution in [0.4, 0.5) is 13.2 Å². The van der Waals surface area contributed by atoms with Crippen molar-refractivity contribution in [1.82, 2.24) is 14.7 Å². The number of rotatable bonds is 6. The summed E-state index contributed by atoms with van der Waals surface area (Å²) < 4.78 is 44.4. The average molecular weight is 367 g/mol. The predicted molar refractivity (Wildman–Crippen MR) is 88.9 cm³/mol. The van der Waals surface area contributed by atoms with Gasteiger partial charge in [0.2, 0.25) is 5.91 Å². The van der Waals surface area contributed by atoms with Crippen molar-refractivity contribution in [2.45, 2.75) is 44.4 Å². The van der Waals surface area contributed by atoms with E-state index in [0.29, 0.717) is 12.3 Å².